The Labute approximate surface area is 122 Å². The molecule has 6 heteroatoms. The van der Waals surface area contributed by atoms with Crippen LogP contribution in [-0.4, -0.2) is 4.98 Å². The molecule has 0 saturated heterocycles. The SMILES string of the molecule is N#Cc1cc(Cl)nc(Oc2cc(Br)ccc2Cl)c1. The Morgan fingerprint density at radius 1 is 1.22 bits per heavy atom. The smallest absolute Gasteiger partial charge is 0.222 e. The summed E-state index contributed by atoms with van der Waals surface area (Å²) >= 11 is 15.1. The van der Waals surface area contributed by atoms with E-state index in [4.69, 9.17) is 33.2 Å². The van der Waals surface area contributed by atoms with Gasteiger partial charge in [-0.1, -0.05) is 39.1 Å². The van der Waals surface area contributed by atoms with Crippen LogP contribution in [-0.2, 0) is 0 Å². The first-order valence-electron chi connectivity index (χ1n) is 4.79. The average molecular weight is 344 g/mol. The van der Waals surface area contributed by atoms with Crippen molar-refractivity contribution in [1.82, 2.24) is 4.98 Å². The molecule has 0 saturated carbocycles. The molecule has 0 unspecified atom stereocenters. The number of nitriles is 1. The van der Waals surface area contributed by atoms with Gasteiger partial charge in [0.05, 0.1) is 16.7 Å². The average Bonchev–Trinajstić information content (AvgIpc) is 2.33. The number of hydrogen-bond acceptors (Lipinski definition) is 3. The summed E-state index contributed by atoms with van der Waals surface area (Å²) in [5.74, 6) is 0.656. The van der Waals surface area contributed by atoms with Crippen LogP contribution in [0, 0.1) is 11.3 Å². The predicted molar refractivity (Wildman–Crippen MR) is 73.2 cm³/mol. The van der Waals surface area contributed by atoms with Gasteiger partial charge in [-0.25, -0.2) is 4.98 Å². The van der Waals surface area contributed by atoms with Crippen molar-refractivity contribution in [3.63, 3.8) is 0 Å². The maximum Gasteiger partial charge on any atom is 0.222 e. The molecule has 0 fully saturated rings. The molecule has 0 aliphatic carbocycles. The predicted octanol–water partition coefficient (Wildman–Crippen LogP) is 4.81. The number of benzene rings is 1. The van der Waals surface area contributed by atoms with Crippen LogP contribution in [0.5, 0.6) is 11.6 Å². The summed E-state index contributed by atoms with van der Waals surface area (Å²) in [4.78, 5) is 3.97. The Bertz CT molecular complexity index is 640. The van der Waals surface area contributed by atoms with Crippen molar-refractivity contribution in [2.24, 2.45) is 0 Å². The molecule has 0 amide bonds. The number of halogens is 3. The van der Waals surface area contributed by atoms with Crippen molar-refractivity contribution in [2.75, 3.05) is 0 Å². The third kappa shape index (κ3) is 3.14. The molecule has 0 atom stereocenters. The second-order valence-corrected chi connectivity index (χ2v) is 5.02. The summed E-state index contributed by atoms with van der Waals surface area (Å²) < 4.78 is 6.33. The second kappa shape index (κ2) is 5.57. The van der Waals surface area contributed by atoms with Gasteiger partial charge in [-0.15, -0.1) is 0 Å². The molecule has 0 aliphatic rings. The zero-order valence-electron chi connectivity index (χ0n) is 8.82. The lowest BCUT2D eigenvalue weighted by molar-refractivity contribution is 0.463. The third-order valence-corrected chi connectivity index (χ3v) is 3.01. The monoisotopic (exact) mass is 342 g/mol. The van der Waals surface area contributed by atoms with Crippen molar-refractivity contribution in [3.05, 3.63) is 50.5 Å². The first kappa shape index (κ1) is 13.2. The lowest BCUT2D eigenvalue weighted by atomic mass is 10.3. The standard InChI is InChI=1S/C12H5BrCl2N2O/c13-8-1-2-9(14)10(5-8)18-12-4-7(6-16)3-11(15)17-12/h1-5H. The molecule has 3 nitrogen and oxygen atoms in total. The second-order valence-electron chi connectivity index (χ2n) is 3.31. The molecule has 0 bridgehead atoms. The van der Waals surface area contributed by atoms with Crippen LogP contribution < -0.4 is 4.74 Å². The van der Waals surface area contributed by atoms with Gasteiger partial charge in [0, 0.05) is 10.5 Å². The first-order valence-corrected chi connectivity index (χ1v) is 6.34. The van der Waals surface area contributed by atoms with Crippen LogP contribution in [0.15, 0.2) is 34.8 Å². The van der Waals surface area contributed by atoms with Gasteiger partial charge in [0.2, 0.25) is 5.88 Å². The van der Waals surface area contributed by atoms with Gasteiger partial charge >= 0.3 is 0 Å². The zero-order chi connectivity index (χ0) is 13.1. The fourth-order valence-electron chi connectivity index (χ4n) is 1.26. The molecule has 18 heavy (non-hydrogen) atoms. The summed E-state index contributed by atoms with van der Waals surface area (Å²) in [7, 11) is 0. The number of rotatable bonds is 2. The minimum Gasteiger partial charge on any atom is -0.437 e. The molecular weight excluding hydrogens is 339 g/mol. The highest BCUT2D eigenvalue weighted by atomic mass is 79.9. The van der Waals surface area contributed by atoms with Crippen LogP contribution >= 0.6 is 39.1 Å². The lowest BCUT2D eigenvalue weighted by Gasteiger charge is -2.07. The van der Waals surface area contributed by atoms with Crippen LogP contribution in [0.3, 0.4) is 0 Å². The van der Waals surface area contributed by atoms with E-state index in [1.165, 1.54) is 12.1 Å². The van der Waals surface area contributed by atoms with Crippen LogP contribution in [0.2, 0.25) is 10.2 Å². The van der Waals surface area contributed by atoms with E-state index in [-0.39, 0.29) is 11.0 Å². The van der Waals surface area contributed by atoms with E-state index in [2.05, 4.69) is 20.9 Å². The fraction of sp³-hybridized carbons (Fsp3) is 0. The summed E-state index contributed by atoms with van der Waals surface area (Å²) in [5.41, 5.74) is 0.371. The quantitative estimate of drug-likeness (QED) is 0.734. The maximum absolute atomic E-state index is 8.83. The van der Waals surface area contributed by atoms with Gasteiger partial charge in [-0.05, 0) is 24.3 Å². The molecular formula is C12H5BrCl2N2O. The summed E-state index contributed by atoms with van der Waals surface area (Å²) in [6.07, 6.45) is 0. The molecule has 1 heterocycles. The molecule has 90 valence electrons. The normalized spacial score (nSPS) is 9.89. The first-order chi connectivity index (χ1) is 8.58. The lowest BCUT2D eigenvalue weighted by Crippen LogP contribution is -1.90. The minimum atomic E-state index is 0.190. The largest absolute Gasteiger partial charge is 0.437 e. The molecule has 0 aliphatic heterocycles. The Morgan fingerprint density at radius 3 is 2.72 bits per heavy atom. The summed E-state index contributed by atoms with van der Waals surface area (Å²) in [6, 6.07) is 10.1. The van der Waals surface area contributed by atoms with Gasteiger partial charge in [0.25, 0.3) is 0 Å². The number of hydrogen-bond donors (Lipinski definition) is 0. The van der Waals surface area contributed by atoms with E-state index in [1.807, 2.05) is 6.07 Å². The third-order valence-electron chi connectivity index (χ3n) is 2.01. The number of nitrogens with zero attached hydrogens (tertiary/aromatic N) is 2. The maximum atomic E-state index is 8.83. The Balaban J connectivity index is 2.37. The molecule has 2 rings (SSSR count). The van der Waals surface area contributed by atoms with Crippen LogP contribution in [0.25, 0.3) is 0 Å². The van der Waals surface area contributed by atoms with Crippen molar-refractivity contribution in [2.45, 2.75) is 0 Å². The number of pyridine rings is 1. The van der Waals surface area contributed by atoms with Gasteiger partial charge in [-0.2, -0.15) is 5.26 Å². The van der Waals surface area contributed by atoms with E-state index in [1.54, 1.807) is 18.2 Å². The van der Waals surface area contributed by atoms with Crippen molar-refractivity contribution >= 4 is 39.1 Å². The van der Waals surface area contributed by atoms with E-state index in [9.17, 15) is 0 Å². The van der Waals surface area contributed by atoms with E-state index >= 15 is 0 Å². The molecule has 1 aromatic heterocycles. The Hall–Kier alpha value is -1.28. The molecule has 1 aromatic carbocycles. The Morgan fingerprint density at radius 2 is 2.00 bits per heavy atom. The zero-order valence-corrected chi connectivity index (χ0v) is 11.9. The topological polar surface area (TPSA) is 45.9 Å². The van der Waals surface area contributed by atoms with Gasteiger partial charge < -0.3 is 4.74 Å². The van der Waals surface area contributed by atoms with Crippen molar-refractivity contribution in [3.8, 4) is 17.7 Å². The molecule has 0 N–H and O–H groups in total. The van der Waals surface area contributed by atoms with Gasteiger partial charge in [0.1, 0.15) is 10.9 Å². The highest BCUT2D eigenvalue weighted by molar-refractivity contribution is 9.10. The highest BCUT2D eigenvalue weighted by Crippen LogP contribution is 2.31. The van der Waals surface area contributed by atoms with E-state index in [0.717, 1.165) is 4.47 Å². The Kier molecular flexibility index (Phi) is 4.07. The summed E-state index contributed by atoms with van der Waals surface area (Å²) in [5, 5.41) is 9.46. The fourth-order valence-corrected chi connectivity index (χ4v) is 1.95. The number of ether oxygens (including phenoxy) is 1. The van der Waals surface area contributed by atoms with Gasteiger partial charge in [0.15, 0.2) is 0 Å². The van der Waals surface area contributed by atoms with Crippen molar-refractivity contribution < 1.29 is 4.74 Å². The van der Waals surface area contributed by atoms with Gasteiger partial charge in [-0.3, -0.25) is 0 Å². The minimum absolute atomic E-state index is 0.190. The molecule has 2 aromatic rings. The molecule has 0 spiro atoms. The highest BCUT2D eigenvalue weighted by Gasteiger charge is 2.07. The number of aromatic nitrogens is 1. The summed E-state index contributed by atoms with van der Waals surface area (Å²) in [6.45, 7) is 0. The van der Waals surface area contributed by atoms with Crippen LogP contribution in [0.1, 0.15) is 5.56 Å². The molecule has 0 radical (unpaired) electrons. The van der Waals surface area contributed by atoms with E-state index < -0.39 is 0 Å². The van der Waals surface area contributed by atoms with Crippen LogP contribution in [0.4, 0.5) is 0 Å². The van der Waals surface area contributed by atoms with Crippen molar-refractivity contribution in [1.29, 1.82) is 5.26 Å². The van der Waals surface area contributed by atoms with E-state index in [0.29, 0.717) is 16.3 Å².